The molecule has 0 spiro atoms. The minimum atomic E-state index is -1.07. The van der Waals surface area contributed by atoms with Gasteiger partial charge in [-0.05, 0) is 18.9 Å². The van der Waals surface area contributed by atoms with Gasteiger partial charge in [-0.2, -0.15) is 0 Å². The monoisotopic (exact) mass is 298 g/mol. The molecule has 2 unspecified atom stereocenters. The van der Waals surface area contributed by atoms with E-state index in [2.05, 4.69) is 5.32 Å². The van der Waals surface area contributed by atoms with E-state index >= 15 is 0 Å². The second kappa shape index (κ2) is 6.44. The summed E-state index contributed by atoms with van der Waals surface area (Å²) >= 11 is 0. The number of hydrogen-bond donors (Lipinski definition) is 2. The first kappa shape index (κ1) is 15.8. The molecule has 2 heterocycles. The molecule has 118 valence electrons. The van der Waals surface area contributed by atoms with Gasteiger partial charge < -0.3 is 24.8 Å². The van der Waals surface area contributed by atoms with Crippen molar-refractivity contribution < 1.29 is 24.2 Å². The zero-order chi connectivity index (χ0) is 15.5. The molecule has 0 aliphatic carbocycles. The van der Waals surface area contributed by atoms with Crippen molar-refractivity contribution in [3.63, 3.8) is 0 Å². The smallest absolute Gasteiger partial charge is 0.318 e. The molecule has 2 aliphatic heterocycles. The highest BCUT2D eigenvalue weighted by Crippen LogP contribution is 2.29. The first-order chi connectivity index (χ1) is 9.97. The number of carbonyl (C=O) groups is 2. The summed E-state index contributed by atoms with van der Waals surface area (Å²) in [7, 11) is 1.65. The summed E-state index contributed by atoms with van der Waals surface area (Å²) in [5.41, 5.74) is 0.115. The second-order valence-electron chi connectivity index (χ2n) is 5.73. The summed E-state index contributed by atoms with van der Waals surface area (Å²) in [5.74, 6) is -0.953. The van der Waals surface area contributed by atoms with Crippen LogP contribution in [0.5, 0.6) is 0 Å². The Bertz CT molecular complexity index is 451. The van der Waals surface area contributed by atoms with Gasteiger partial charge in [0.15, 0.2) is 0 Å². The van der Waals surface area contributed by atoms with Crippen LogP contribution in [0, 0.1) is 5.41 Å². The number of urea groups is 1. The number of ether oxygens (including phenoxy) is 2. The van der Waals surface area contributed by atoms with E-state index in [1.54, 1.807) is 18.9 Å². The van der Waals surface area contributed by atoms with E-state index in [0.29, 0.717) is 19.7 Å². The summed E-state index contributed by atoms with van der Waals surface area (Å²) < 4.78 is 10.3. The second-order valence-corrected chi connectivity index (χ2v) is 5.73. The Morgan fingerprint density at radius 2 is 2.38 bits per heavy atom. The van der Waals surface area contributed by atoms with Crippen molar-refractivity contribution in [2.75, 3.05) is 40.0 Å². The molecular weight excluding hydrogens is 276 g/mol. The van der Waals surface area contributed by atoms with Gasteiger partial charge in [0.1, 0.15) is 5.41 Å². The van der Waals surface area contributed by atoms with E-state index in [4.69, 9.17) is 9.47 Å². The van der Waals surface area contributed by atoms with Crippen LogP contribution in [0.4, 0.5) is 4.79 Å². The lowest BCUT2D eigenvalue weighted by Crippen LogP contribution is -2.54. The number of carbonyl (C=O) groups excluding carboxylic acids is 1. The molecule has 7 nitrogen and oxygen atoms in total. The number of hydrogen-bond acceptors (Lipinski definition) is 4. The van der Waals surface area contributed by atoms with Crippen molar-refractivity contribution in [2.24, 2.45) is 5.41 Å². The van der Waals surface area contributed by atoms with Gasteiger partial charge in [0, 0.05) is 20.2 Å². The van der Waals surface area contributed by atoms with Crippen LogP contribution in [0.25, 0.3) is 0 Å². The minimum absolute atomic E-state index is 0.116. The lowest BCUT2D eigenvalue weighted by atomic mass is 9.85. The molecule has 0 aromatic heterocycles. The van der Waals surface area contributed by atoms with Crippen LogP contribution in [0.15, 0.2) is 11.6 Å². The average molecular weight is 298 g/mol. The highest BCUT2D eigenvalue weighted by molar-refractivity contribution is 5.79. The molecule has 2 rings (SSSR count). The molecule has 2 amide bonds. The predicted octanol–water partition coefficient (Wildman–Crippen LogP) is 0.464. The molecule has 2 aliphatic rings. The van der Waals surface area contributed by atoms with Crippen molar-refractivity contribution in [3.05, 3.63) is 11.6 Å². The normalized spacial score (nSPS) is 29.1. The van der Waals surface area contributed by atoms with Crippen LogP contribution >= 0.6 is 0 Å². The van der Waals surface area contributed by atoms with Crippen molar-refractivity contribution in [1.82, 2.24) is 10.2 Å². The van der Waals surface area contributed by atoms with Crippen LogP contribution in [-0.2, 0) is 14.3 Å². The molecule has 0 aromatic rings. The third kappa shape index (κ3) is 3.36. The van der Waals surface area contributed by atoms with Gasteiger partial charge in [-0.15, -0.1) is 0 Å². The predicted molar refractivity (Wildman–Crippen MR) is 75.0 cm³/mol. The van der Waals surface area contributed by atoms with Crippen molar-refractivity contribution >= 4 is 12.0 Å². The Balaban J connectivity index is 1.92. The molecular formula is C14H22N2O5. The van der Waals surface area contributed by atoms with Crippen molar-refractivity contribution in [2.45, 2.75) is 19.4 Å². The topological polar surface area (TPSA) is 88.1 Å². The quantitative estimate of drug-likeness (QED) is 0.736. The summed E-state index contributed by atoms with van der Waals surface area (Å²) in [6, 6.07) is -0.752. The standard InChI is InChI=1S/C14H22N2O5/c1-14(12(17)18)9-21-8-11(14)15-13(19)16-5-3-10(4-6-16)7-20-2/h3,11H,4-9H2,1-2H3,(H,15,19)(H,17,18). The van der Waals surface area contributed by atoms with Crippen LogP contribution in [0.1, 0.15) is 13.3 Å². The summed E-state index contributed by atoms with van der Waals surface area (Å²) in [4.78, 5) is 25.2. The fourth-order valence-corrected chi connectivity index (χ4v) is 2.54. The molecule has 1 fully saturated rings. The average Bonchev–Trinajstić information content (AvgIpc) is 2.83. The van der Waals surface area contributed by atoms with Gasteiger partial charge in [0.05, 0.1) is 25.9 Å². The van der Waals surface area contributed by atoms with E-state index in [9.17, 15) is 14.7 Å². The highest BCUT2D eigenvalue weighted by atomic mass is 16.5. The largest absolute Gasteiger partial charge is 0.481 e. The van der Waals surface area contributed by atoms with Gasteiger partial charge in [0.2, 0.25) is 0 Å². The summed E-state index contributed by atoms with van der Waals surface area (Å²) in [5, 5.41) is 12.1. The first-order valence-corrected chi connectivity index (χ1v) is 7.01. The Kier molecular flexibility index (Phi) is 4.84. The summed E-state index contributed by atoms with van der Waals surface area (Å²) in [6.45, 7) is 3.65. The fourth-order valence-electron chi connectivity index (χ4n) is 2.54. The minimum Gasteiger partial charge on any atom is -0.481 e. The van der Waals surface area contributed by atoms with Crippen LogP contribution in [-0.4, -0.2) is 68.1 Å². The molecule has 1 saturated heterocycles. The molecule has 0 radical (unpaired) electrons. The number of rotatable bonds is 4. The Hall–Kier alpha value is -1.60. The van der Waals surface area contributed by atoms with Crippen LogP contribution in [0.2, 0.25) is 0 Å². The number of nitrogens with one attached hydrogen (secondary N) is 1. The van der Waals surface area contributed by atoms with Gasteiger partial charge in [-0.25, -0.2) is 4.79 Å². The zero-order valence-electron chi connectivity index (χ0n) is 12.4. The van der Waals surface area contributed by atoms with Crippen molar-refractivity contribution in [3.8, 4) is 0 Å². The molecule has 7 heteroatoms. The number of nitrogens with zero attached hydrogens (tertiary/aromatic N) is 1. The van der Waals surface area contributed by atoms with Gasteiger partial charge in [0.25, 0.3) is 0 Å². The third-order valence-corrected chi connectivity index (χ3v) is 4.16. The van der Waals surface area contributed by atoms with E-state index in [1.807, 2.05) is 6.08 Å². The maximum atomic E-state index is 12.2. The van der Waals surface area contributed by atoms with E-state index < -0.39 is 17.4 Å². The van der Waals surface area contributed by atoms with E-state index in [-0.39, 0.29) is 19.2 Å². The molecule has 0 bridgehead atoms. The summed E-state index contributed by atoms with van der Waals surface area (Å²) in [6.07, 6.45) is 2.76. The lowest BCUT2D eigenvalue weighted by Gasteiger charge is -2.31. The fraction of sp³-hybridized carbons (Fsp3) is 0.714. The third-order valence-electron chi connectivity index (χ3n) is 4.16. The van der Waals surface area contributed by atoms with Crippen LogP contribution < -0.4 is 5.32 Å². The Morgan fingerprint density at radius 3 is 2.95 bits per heavy atom. The molecule has 0 aromatic carbocycles. The Labute approximate surface area is 123 Å². The van der Waals surface area contributed by atoms with Gasteiger partial charge in [-0.1, -0.05) is 6.08 Å². The number of carboxylic acid groups (broad SMARTS) is 1. The SMILES string of the molecule is COCC1=CCN(C(=O)NC2COCC2(C)C(=O)O)CC1. The first-order valence-electron chi connectivity index (χ1n) is 7.01. The number of amides is 2. The van der Waals surface area contributed by atoms with Crippen LogP contribution in [0.3, 0.4) is 0 Å². The van der Waals surface area contributed by atoms with Gasteiger partial charge >= 0.3 is 12.0 Å². The zero-order valence-corrected chi connectivity index (χ0v) is 12.4. The molecule has 2 N–H and O–H groups in total. The lowest BCUT2D eigenvalue weighted by molar-refractivity contribution is -0.148. The molecule has 2 atom stereocenters. The highest BCUT2D eigenvalue weighted by Gasteiger charge is 2.47. The maximum Gasteiger partial charge on any atom is 0.318 e. The van der Waals surface area contributed by atoms with Crippen molar-refractivity contribution in [1.29, 1.82) is 0 Å². The number of aliphatic carboxylic acids is 1. The maximum absolute atomic E-state index is 12.2. The van der Waals surface area contributed by atoms with E-state index in [0.717, 1.165) is 6.42 Å². The van der Waals surface area contributed by atoms with Gasteiger partial charge in [-0.3, -0.25) is 4.79 Å². The molecule has 21 heavy (non-hydrogen) atoms. The Morgan fingerprint density at radius 1 is 1.62 bits per heavy atom. The number of methoxy groups -OCH3 is 1. The molecule has 0 saturated carbocycles. The van der Waals surface area contributed by atoms with E-state index in [1.165, 1.54) is 5.57 Å². The number of carboxylic acids is 1.